The molecule has 2 aromatic carbocycles. The molecule has 0 bridgehead atoms. The van der Waals surface area contributed by atoms with Crippen molar-refractivity contribution in [3.63, 3.8) is 0 Å². The summed E-state index contributed by atoms with van der Waals surface area (Å²) in [7, 11) is 0. The molecule has 1 nitrogen and oxygen atoms in total. The molecule has 1 heteroatoms. The Kier molecular flexibility index (Phi) is 9.49. The number of anilines is 1. The number of rotatable bonds is 10. The predicted molar refractivity (Wildman–Crippen MR) is 151 cm³/mol. The van der Waals surface area contributed by atoms with Gasteiger partial charge in [-0.3, -0.25) is 0 Å². The van der Waals surface area contributed by atoms with Crippen molar-refractivity contribution in [3.05, 3.63) is 151 Å². The second-order valence-corrected chi connectivity index (χ2v) is 8.44. The van der Waals surface area contributed by atoms with Crippen LogP contribution in [-0.4, -0.2) is 0 Å². The minimum absolute atomic E-state index is 0.899. The summed E-state index contributed by atoms with van der Waals surface area (Å²) in [5, 5.41) is 0. The van der Waals surface area contributed by atoms with Crippen LogP contribution in [0.4, 0.5) is 5.69 Å². The van der Waals surface area contributed by atoms with E-state index in [0.29, 0.717) is 0 Å². The molecular weight excluding hydrogens is 410 g/mol. The van der Waals surface area contributed by atoms with E-state index in [2.05, 4.69) is 123 Å². The number of benzene rings is 2. The van der Waals surface area contributed by atoms with Gasteiger partial charge in [0, 0.05) is 17.1 Å². The lowest BCUT2D eigenvalue weighted by atomic mass is 10.0. The largest absolute Gasteiger partial charge is 0.319 e. The topological polar surface area (TPSA) is 3.24 Å². The van der Waals surface area contributed by atoms with E-state index in [-0.39, 0.29) is 0 Å². The lowest BCUT2D eigenvalue weighted by Crippen LogP contribution is -2.18. The molecule has 34 heavy (non-hydrogen) atoms. The van der Waals surface area contributed by atoms with Gasteiger partial charge in [0.05, 0.1) is 0 Å². The zero-order valence-corrected chi connectivity index (χ0v) is 20.5. The van der Waals surface area contributed by atoms with Gasteiger partial charge in [0.2, 0.25) is 0 Å². The van der Waals surface area contributed by atoms with Crippen molar-refractivity contribution >= 4 is 5.69 Å². The van der Waals surface area contributed by atoms with E-state index >= 15 is 0 Å². The Morgan fingerprint density at radius 1 is 0.853 bits per heavy atom. The summed E-state index contributed by atoms with van der Waals surface area (Å²) in [6.45, 7) is 12.3. The Balaban J connectivity index is 1.82. The Labute approximate surface area is 205 Å². The second kappa shape index (κ2) is 13.0. The van der Waals surface area contributed by atoms with Crippen LogP contribution in [0.25, 0.3) is 11.1 Å². The summed E-state index contributed by atoms with van der Waals surface area (Å²) in [6.07, 6.45) is 24.2. The number of hydrogen-bond donors (Lipinski definition) is 0. The Hall–Kier alpha value is -3.84. The highest BCUT2D eigenvalue weighted by atomic mass is 15.1. The van der Waals surface area contributed by atoms with Crippen LogP contribution in [-0.2, 0) is 0 Å². The molecule has 0 fully saturated rings. The molecule has 0 aliphatic heterocycles. The molecule has 172 valence electrons. The van der Waals surface area contributed by atoms with Gasteiger partial charge in [0.25, 0.3) is 0 Å². The molecule has 0 atom stereocenters. The fourth-order valence-corrected chi connectivity index (χ4v) is 3.98. The van der Waals surface area contributed by atoms with Crippen molar-refractivity contribution in [1.82, 2.24) is 0 Å². The molecule has 0 saturated carbocycles. The Morgan fingerprint density at radius 3 is 2.18 bits per heavy atom. The molecule has 0 aromatic heterocycles. The molecule has 0 amide bonds. The van der Waals surface area contributed by atoms with E-state index in [1.165, 1.54) is 16.7 Å². The maximum atomic E-state index is 4.24. The summed E-state index contributed by atoms with van der Waals surface area (Å²) in [5.41, 5.74) is 8.29. The van der Waals surface area contributed by atoms with Crippen LogP contribution in [0.5, 0.6) is 0 Å². The Bertz CT molecular complexity index is 1150. The van der Waals surface area contributed by atoms with Crippen molar-refractivity contribution in [2.45, 2.75) is 33.1 Å². The predicted octanol–water partition coefficient (Wildman–Crippen LogP) is 9.49. The average Bonchev–Trinajstić information content (AvgIpc) is 2.86. The van der Waals surface area contributed by atoms with Gasteiger partial charge >= 0.3 is 0 Å². The molecule has 0 N–H and O–H groups in total. The first-order chi connectivity index (χ1) is 16.6. The van der Waals surface area contributed by atoms with Gasteiger partial charge in [0.15, 0.2) is 0 Å². The van der Waals surface area contributed by atoms with E-state index in [1.807, 2.05) is 18.2 Å². The van der Waals surface area contributed by atoms with Crippen LogP contribution in [0.15, 0.2) is 151 Å². The third-order valence-electron chi connectivity index (χ3n) is 5.69. The van der Waals surface area contributed by atoms with E-state index in [4.69, 9.17) is 0 Å². The summed E-state index contributed by atoms with van der Waals surface area (Å²) >= 11 is 0. The highest BCUT2D eigenvalue weighted by Crippen LogP contribution is 2.28. The molecular formula is C33H35N. The lowest BCUT2D eigenvalue weighted by molar-refractivity contribution is 0.996. The summed E-state index contributed by atoms with van der Waals surface area (Å²) in [6, 6.07) is 19.2. The van der Waals surface area contributed by atoms with Crippen molar-refractivity contribution in [3.8, 4) is 11.1 Å². The maximum Gasteiger partial charge on any atom is 0.0455 e. The fraction of sp³-hybridized carbons (Fsp3) is 0.152. The van der Waals surface area contributed by atoms with Gasteiger partial charge < -0.3 is 4.90 Å². The molecule has 0 unspecified atom stereocenters. The molecule has 1 aliphatic carbocycles. The van der Waals surface area contributed by atoms with Crippen molar-refractivity contribution in [2.75, 3.05) is 4.90 Å². The molecule has 2 aromatic rings. The average molecular weight is 446 g/mol. The highest BCUT2D eigenvalue weighted by molar-refractivity contribution is 5.68. The highest BCUT2D eigenvalue weighted by Gasteiger charge is 2.10. The van der Waals surface area contributed by atoms with Crippen LogP contribution >= 0.6 is 0 Å². The molecule has 0 saturated heterocycles. The SMILES string of the molecule is C=C/C=C\C=C(/C)N(/C(C)=C/C=C\C(=C)CC1=CCCC=C1)c1ccc(-c2ccccc2)cc1. The standard InChI is InChI=1S/C33H35N/c1-5-6-9-16-28(3)34(33-24-22-32(23-25-33)31-20-12-8-13-21-31)29(4)17-14-15-27(2)26-30-18-10-7-11-19-30/h5-6,8-10,12-25H,1-2,7,11,26H2,3-4H3/b9-6-,15-14-,28-16+,29-17+. The van der Waals surface area contributed by atoms with Gasteiger partial charge in [0.1, 0.15) is 0 Å². The molecule has 3 rings (SSSR count). The minimum Gasteiger partial charge on any atom is -0.319 e. The van der Waals surface area contributed by atoms with Crippen LogP contribution in [0.2, 0.25) is 0 Å². The van der Waals surface area contributed by atoms with Crippen LogP contribution in [0.1, 0.15) is 33.1 Å². The van der Waals surface area contributed by atoms with Gasteiger partial charge in [-0.2, -0.15) is 0 Å². The number of nitrogens with zero attached hydrogens (tertiary/aromatic N) is 1. The van der Waals surface area contributed by atoms with E-state index < -0.39 is 0 Å². The first-order valence-electron chi connectivity index (χ1n) is 11.9. The minimum atomic E-state index is 0.899. The van der Waals surface area contributed by atoms with E-state index in [0.717, 1.165) is 41.9 Å². The quantitative estimate of drug-likeness (QED) is 0.329. The summed E-state index contributed by atoms with van der Waals surface area (Å²) in [4.78, 5) is 2.27. The van der Waals surface area contributed by atoms with Gasteiger partial charge in [-0.05, 0) is 74.1 Å². The normalized spacial score (nSPS) is 14.5. The fourth-order valence-electron chi connectivity index (χ4n) is 3.98. The van der Waals surface area contributed by atoms with Crippen molar-refractivity contribution in [1.29, 1.82) is 0 Å². The van der Waals surface area contributed by atoms with Crippen molar-refractivity contribution in [2.24, 2.45) is 0 Å². The summed E-state index contributed by atoms with van der Waals surface area (Å²) in [5.74, 6) is 0. The molecule has 0 radical (unpaired) electrons. The van der Waals surface area contributed by atoms with Gasteiger partial charge in [-0.25, -0.2) is 0 Å². The third kappa shape index (κ3) is 7.35. The molecule has 0 heterocycles. The van der Waals surface area contributed by atoms with E-state index in [9.17, 15) is 0 Å². The first-order valence-corrected chi connectivity index (χ1v) is 11.9. The molecule has 0 spiro atoms. The van der Waals surface area contributed by atoms with Crippen LogP contribution in [0, 0.1) is 0 Å². The lowest BCUT2D eigenvalue weighted by Gasteiger charge is -2.26. The number of hydrogen-bond acceptors (Lipinski definition) is 1. The summed E-state index contributed by atoms with van der Waals surface area (Å²) < 4.78 is 0. The van der Waals surface area contributed by atoms with Crippen molar-refractivity contribution < 1.29 is 0 Å². The zero-order chi connectivity index (χ0) is 24.2. The smallest absolute Gasteiger partial charge is 0.0455 e. The second-order valence-electron chi connectivity index (χ2n) is 8.44. The first kappa shape index (κ1) is 24.8. The zero-order valence-electron chi connectivity index (χ0n) is 20.5. The Morgan fingerprint density at radius 2 is 1.53 bits per heavy atom. The maximum absolute atomic E-state index is 4.24. The van der Waals surface area contributed by atoms with Crippen LogP contribution < -0.4 is 4.90 Å². The monoisotopic (exact) mass is 445 g/mol. The third-order valence-corrected chi connectivity index (χ3v) is 5.69. The number of allylic oxidation sites excluding steroid dienone is 14. The van der Waals surface area contributed by atoms with Crippen LogP contribution in [0.3, 0.4) is 0 Å². The van der Waals surface area contributed by atoms with Gasteiger partial charge in [-0.1, -0.05) is 110 Å². The van der Waals surface area contributed by atoms with Gasteiger partial charge in [-0.15, -0.1) is 0 Å². The van der Waals surface area contributed by atoms with E-state index in [1.54, 1.807) is 6.08 Å². The molecule has 1 aliphatic rings.